The first-order chi connectivity index (χ1) is 13.7. The Hall–Kier alpha value is -2.31. The van der Waals surface area contributed by atoms with Crippen molar-refractivity contribution in [3.05, 3.63) is 48.3 Å². The van der Waals surface area contributed by atoms with E-state index in [-0.39, 0.29) is 6.10 Å². The number of ether oxygens (including phenoxy) is 3. The van der Waals surface area contributed by atoms with E-state index in [1.165, 1.54) is 0 Å². The minimum atomic E-state index is -0.830. The van der Waals surface area contributed by atoms with Crippen molar-refractivity contribution in [3.63, 3.8) is 0 Å². The monoisotopic (exact) mass is 382 g/mol. The van der Waals surface area contributed by atoms with Crippen LogP contribution in [0.15, 0.2) is 42.6 Å². The van der Waals surface area contributed by atoms with Crippen LogP contribution in [-0.2, 0) is 5.60 Å². The Labute approximate surface area is 165 Å². The molecule has 4 heterocycles. The first-order valence-electron chi connectivity index (χ1n) is 10.0. The van der Waals surface area contributed by atoms with E-state index >= 15 is 0 Å². The van der Waals surface area contributed by atoms with Gasteiger partial charge in [-0.05, 0) is 49.9 Å². The number of nitrogens with zero attached hydrogens (tertiary/aromatic N) is 2. The van der Waals surface area contributed by atoms with E-state index in [2.05, 4.69) is 9.88 Å². The summed E-state index contributed by atoms with van der Waals surface area (Å²) in [6, 6.07) is 12.2. The second-order valence-electron chi connectivity index (χ2n) is 8.07. The van der Waals surface area contributed by atoms with Crippen molar-refractivity contribution >= 4 is 0 Å². The van der Waals surface area contributed by atoms with Gasteiger partial charge in [-0.25, -0.2) is 0 Å². The molecular formula is C22H26N2O4. The maximum absolute atomic E-state index is 11.3. The highest BCUT2D eigenvalue weighted by molar-refractivity contribution is 5.52. The molecule has 148 valence electrons. The van der Waals surface area contributed by atoms with Crippen molar-refractivity contribution in [1.29, 1.82) is 0 Å². The highest BCUT2D eigenvalue weighted by atomic mass is 16.6. The first kappa shape index (κ1) is 17.8. The van der Waals surface area contributed by atoms with Crippen molar-refractivity contribution in [2.75, 3.05) is 20.3 Å². The van der Waals surface area contributed by atoms with E-state index in [1.807, 2.05) is 36.4 Å². The summed E-state index contributed by atoms with van der Waals surface area (Å²) >= 11 is 0. The van der Waals surface area contributed by atoms with E-state index in [4.69, 9.17) is 14.2 Å². The van der Waals surface area contributed by atoms with Crippen LogP contribution in [0.2, 0.25) is 0 Å². The molecular weight excluding hydrogens is 356 g/mol. The quantitative estimate of drug-likeness (QED) is 0.877. The molecule has 28 heavy (non-hydrogen) atoms. The first-order valence-corrected chi connectivity index (χ1v) is 10.0. The fraction of sp³-hybridized carbons (Fsp3) is 0.500. The number of methoxy groups -OCH3 is 1. The van der Waals surface area contributed by atoms with E-state index in [1.54, 1.807) is 13.3 Å². The smallest absolute Gasteiger partial charge is 0.204 e. The number of rotatable bonds is 4. The lowest BCUT2D eigenvalue weighted by Crippen LogP contribution is -2.53. The molecule has 5 rings (SSSR count). The zero-order valence-electron chi connectivity index (χ0n) is 16.1. The Morgan fingerprint density at radius 3 is 2.71 bits per heavy atom. The van der Waals surface area contributed by atoms with Crippen molar-refractivity contribution in [3.8, 4) is 17.2 Å². The van der Waals surface area contributed by atoms with Crippen molar-refractivity contribution < 1.29 is 19.3 Å². The third kappa shape index (κ3) is 3.01. The maximum atomic E-state index is 11.3. The number of fused-ring (bicyclic) bond motifs is 3. The molecule has 2 bridgehead atoms. The maximum Gasteiger partial charge on any atom is 0.204 e. The molecule has 1 aromatic carbocycles. The number of hydrogen-bond acceptors (Lipinski definition) is 6. The fourth-order valence-corrected chi connectivity index (χ4v) is 5.06. The number of aliphatic hydroxyl groups is 1. The summed E-state index contributed by atoms with van der Waals surface area (Å²) < 4.78 is 17.6. The number of piperidine rings is 1. The Bertz CT molecular complexity index is 815. The SMILES string of the molecule is COc1cccc2c1O[C@@H](CN1C3CCC1CC(O)(c1ccccn1)C3)CO2. The molecule has 0 radical (unpaired) electrons. The molecule has 6 heteroatoms. The van der Waals surface area contributed by atoms with Crippen LogP contribution in [0.1, 0.15) is 31.4 Å². The molecule has 6 nitrogen and oxygen atoms in total. The van der Waals surface area contributed by atoms with Gasteiger partial charge in [0, 0.05) is 24.8 Å². The average Bonchev–Trinajstić information content (AvgIpc) is 2.97. The van der Waals surface area contributed by atoms with Gasteiger partial charge in [0.15, 0.2) is 11.5 Å². The molecule has 2 aromatic rings. The van der Waals surface area contributed by atoms with Gasteiger partial charge in [-0.3, -0.25) is 9.88 Å². The van der Waals surface area contributed by atoms with Crippen LogP contribution < -0.4 is 14.2 Å². The van der Waals surface area contributed by atoms with Gasteiger partial charge in [0.05, 0.1) is 12.8 Å². The molecule has 1 N–H and O–H groups in total. The highest BCUT2D eigenvalue weighted by Crippen LogP contribution is 2.46. The summed E-state index contributed by atoms with van der Waals surface area (Å²) in [5, 5.41) is 11.3. The molecule has 3 atom stereocenters. The molecule has 1 aromatic heterocycles. The van der Waals surface area contributed by atoms with Crippen LogP contribution in [0.3, 0.4) is 0 Å². The number of para-hydroxylation sites is 1. The fourth-order valence-electron chi connectivity index (χ4n) is 5.06. The van der Waals surface area contributed by atoms with Gasteiger partial charge in [-0.15, -0.1) is 0 Å². The van der Waals surface area contributed by atoms with E-state index in [9.17, 15) is 5.11 Å². The van der Waals surface area contributed by atoms with Gasteiger partial charge in [-0.2, -0.15) is 0 Å². The van der Waals surface area contributed by atoms with Crippen molar-refractivity contribution in [2.24, 2.45) is 0 Å². The van der Waals surface area contributed by atoms with Crippen LogP contribution >= 0.6 is 0 Å². The molecule has 0 saturated carbocycles. The molecule has 0 aliphatic carbocycles. The van der Waals surface area contributed by atoms with Crippen molar-refractivity contribution in [2.45, 2.75) is 49.5 Å². The second kappa shape index (κ2) is 6.94. The zero-order chi connectivity index (χ0) is 19.1. The molecule has 3 aliphatic rings. The van der Waals surface area contributed by atoms with Crippen LogP contribution in [0.5, 0.6) is 17.2 Å². The third-order valence-corrected chi connectivity index (χ3v) is 6.35. The summed E-state index contributed by atoms with van der Waals surface area (Å²) in [5.41, 5.74) is -0.0361. The van der Waals surface area contributed by atoms with Gasteiger partial charge in [0.25, 0.3) is 0 Å². The number of pyridine rings is 1. The predicted octanol–water partition coefficient (Wildman–Crippen LogP) is 2.74. The van der Waals surface area contributed by atoms with Crippen LogP contribution in [0, 0.1) is 0 Å². The largest absolute Gasteiger partial charge is 0.493 e. The van der Waals surface area contributed by atoms with E-state index in [0.29, 0.717) is 43.0 Å². The van der Waals surface area contributed by atoms with Gasteiger partial charge in [0.1, 0.15) is 18.3 Å². The minimum Gasteiger partial charge on any atom is -0.493 e. The molecule has 0 amide bonds. The normalized spacial score (nSPS) is 31.6. The molecule has 3 aliphatic heterocycles. The highest BCUT2D eigenvalue weighted by Gasteiger charge is 2.49. The zero-order valence-corrected chi connectivity index (χ0v) is 16.1. The Morgan fingerprint density at radius 1 is 1.18 bits per heavy atom. The topological polar surface area (TPSA) is 64.1 Å². The predicted molar refractivity (Wildman–Crippen MR) is 104 cm³/mol. The Kier molecular flexibility index (Phi) is 4.40. The molecule has 2 saturated heterocycles. The number of hydrogen-bond donors (Lipinski definition) is 1. The Balaban J connectivity index is 1.30. The van der Waals surface area contributed by atoms with Crippen LogP contribution in [-0.4, -0.2) is 53.4 Å². The lowest BCUT2D eigenvalue weighted by atomic mass is 9.83. The summed E-state index contributed by atoms with van der Waals surface area (Å²) in [7, 11) is 1.64. The molecule has 0 spiro atoms. The summed E-state index contributed by atoms with van der Waals surface area (Å²) in [6.45, 7) is 1.33. The summed E-state index contributed by atoms with van der Waals surface area (Å²) in [5.74, 6) is 2.13. The summed E-state index contributed by atoms with van der Waals surface area (Å²) in [6.07, 6.45) is 5.36. The van der Waals surface area contributed by atoms with E-state index < -0.39 is 5.60 Å². The van der Waals surface area contributed by atoms with Gasteiger partial charge in [0.2, 0.25) is 5.75 Å². The second-order valence-corrected chi connectivity index (χ2v) is 8.07. The average molecular weight is 382 g/mol. The van der Waals surface area contributed by atoms with Crippen molar-refractivity contribution in [1.82, 2.24) is 9.88 Å². The Morgan fingerprint density at radius 2 is 2.00 bits per heavy atom. The van der Waals surface area contributed by atoms with Gasteiger partial charge >= 0.3 is 0 Å². The van der Waals surface area contributed by atoms with Gasteiger partial charge in [-0.1, -0.05) is 12.1 Å². The standard InChI is InChI=1S/C22H26N2O4/c1-26-18-5-4-6-19-21(18)28-17(14-27-19)13-24-15-8-9-16(24)12-22(25,11-15)20-7-2-3-10-23-20/h2-7,10,15-17,25H,8-9,11-14H2,1H3/t15?,16?,17-,22?/m0/s1. The van der Waals surface area contributed by atoms with Gasteiger partial charge < -0.3 is 19.3 Å². The van der Waals surface area contributed by atoms with Crippen LogP contribution in [0.4, 0.5) is 0 Å². The van der Waals surface area contributed by atoms with E-state index in [0.717, 1.165) is 30.8 Å². The minimum absolute atomic E-state index is 0.0482. The molecule has 2 fully saturated rings. The number of benzene rings is 1. The lowest BCUT2D eigenvalue weighted by Gasteiger charge is -2.44. The third-order valence-electron chi connectivity index (χ3n) is 6.35. The summed E-state index contributed by atoms with van der Waals surface area (Å²) in [4.78, 5) is 6.93. The molecule has 2 unspecified atom stereocenters. The van der Waals surface area contributed by atoms with Crippen LogP contribution in [0.25, 0.3) is 0 Å². The lowest BCUT2D eigenvalue weighted by molar-refractivity contribution is -0.0713. The number of aromatic nitrogens is 1.